The van der Waals surface area contributed by atoms with E-state index < -0.39 is 24.0 Å². The molecule has 0 aromatic rings. The molecule has 0 rings (SSSR count). The lowest BCUT2D eigenvalue weighted by atomic mass is 10.0. The number of likely N-dealkylation sites (N-methyl/N-ethyl adjacent to an activating group) is 1. The van der Waals surface area contributed by atoms with E-state index in [0.29, 0.717) is 6.54 Å². The van der Waals surface area contributed by atoms with Crippen molar-refractivity contribution < 1.29 is 18.7 Å². The van der Waals surface area contributed by atoms with Gasteiger partial charge in [0, 0.05) is 12.6 Å². The number of aliphatic hydroxyl groups is 1. The first-order valence-corrected chi connectivity index (χ1v) is 5.25. The Kier molecular flexibility index (Phi) is 5.71. The first-order chi connectivity index (χ1) is 7.56. The van der Waals surface area contributed by atoms with Gasteiger partial charge in [0.1, 0.15) is 5.60 Å². The summed E-state index contributed by atoms with van der Waals surface area (Å²) in [5.74, 6) is -3.96. The summed E-state index contributed by atoms with van der Waals surface area (Å²) in [5, 5.41) is 11.2. The number of hydrogen-bond donors (Lipinski definition) is 2. The fourth-order valence-electron chi connectivity index (χ4n) is 0.844. The van der Waals surface area contributed by atoms with Gasteiger partial charge in [-0.3, -0.25) is 4.79 Å². The number of carbonyl (C=O) groups is 1. The van der Waals surface area contributed by atoms with Crippen molar-refractivity contribution in [2.75, 3.05) is 27.2 Å². The lowest BCUT2D eigenvalue weighted by molar-refractivity contribution is -0.160. The lowest BCUT2D eigenvalue weighted by Crippen LogP contribution is -2.50. The molecule has 0 aliphatic rings. The summed E-state index contributed by atoms with van der Waals surface area (Å²) in [7, 11) is 3.65. The van der Waals surface area contributed by atoms with E-state index in [1.54, 1.807) is 6.08 Å². The van der Waals surface area contributed by atoms with Crippen LogP contribution < -0.4 is 5.32 Å². The molecule has 0 heterocycles. The third-order valence-electron chi connectivity index (χ3n) is 2.12. The van der Waals surface area contributed by atoms with Crippen molar-refractivity contribution in [2.24, 2.45) is 0 Å². The average Bonchev–Trinajstić information content (AvgIpc) is 2.12. The summed E-state index contributed by atoms with van der Waals surface area (Å²) >= 11 is 0. The van der Waals surface area contributed by atoms with E-state index in [1.165, 1.54) is 6.08 Å². The molecule has 0 aliphatic carbocycles. The van der Waals surface area contributed by atoms with Crippen LogP contribution in [0.5, 0.6) is 0 Å². The van der Waals surface area contributed by atoms with Gasteiger partial charge in [-0.2, -0.15) is 0 Å². The number of carbonyl (C=O) groups excluding carboxylic acids is 1. The van der Waals surface area contributed by atoms with Gasteiger partial charge in [0.05, 0.1) is 6.54 Å². The van der Waals surface area contributed by atoms with Gasteiger partial charge in [0.15, 0.2) is 0 Å². The zero-order valence-electron chi connectivity index (χ0n) is 10.6. The molecule has 0 aromatic heterocycles. The smallest absolute Gasteiger partial charge is 0.292 e. The van der Waals surface area contributed by atoms with E-state index in [9.17, 15) is 18.7 Å². The van der Waals surface area contributed by atoms with Gasteiger partial charge in [-0.05, 0) is 27.9 Å². The molecule has 0 unspecified atom stereocenters. The summed E-state index contributed by atoms with van der Waals surface area (Å²) in [6.07, 6.45) is 2.76. The highest BCUT2D eigenvalue weighted by atomic mass is 19.3. The predicted octanol–water partition coefficient (Wildman–Crippen LogP) is 0.627. The minimum Gasteiger partial charge on any atom is -0.384 e. The van der Waals surface area contributed by atoms with Crippen LogP contribution in [0.15, 0.2) is 12.2 Å². The van der Waals surface area contributed by atoms with E-state index in [4.69, 9.17) is 0 Å². The van der Waals surface area contributed by atoms with E-state index >= 15 is 0 Å². The first kappa shape index (κ1) is 16.0. The second-order valence-corrected chi connectivity index (χ2v) is 4.65. The van der Waals surface area contributed by atoms with Crippen LogP contribution in [-0.4, -0.2) is 54.6 Å². The molecule has 0 fully saturated rings. The van der Waals surface area contributed by atoms with E-state index in [1.807, 2.05) is 24.3 Å². The minimum absolute atomic E-state index is 0.551. The Bertz CT molecular complexity index is 284. The number of amides is 1. The van der Waals surface area contributed by atoms with E-state index in [2.05, 4.69) is 0 Å². The van der Waals surface area contributed by atoms with Crippen molar-refractivity contribution in [2.45, 2.75) is 25.4 Å². The fraction of sp³-hybridized carbons (Fsp3) is 0.727. The second-order valence-electron chi connectivity index (χ2n) is 4.65. The van der Waals surface area contributed by atoms with Crippen LogP contribution in [-0.2, 0) is 4.79 Å². The van der Waals surface area contributed by atoms with Crippen LogP contribution in [0.2, 0.25) is 0 Å². The molecule has 2 N–H and O–H groups in total. The molecule has 0 radical (unpaired) electrons. The number of nitrogens with one attached hydrogen (secondary N) is 1. The van der Waals surface area contributed by atoms with E-state index in [0.717, 1.165) is 13.8 Å². The van der Waals surface area contributed by atoms with Crippen LogP contribution in [0.25, 0.3) is 0 Å². The van der Waals surface area contributed by atoms with E-state index in [-0.39, 0.29) is 0 Å². The molecule has 100 valence electrons. The van der Waals surface area contributed by atoms with Crippen molar-refractivity contribution in [1.29, 1.82) is 0 Å². The van der Waals surface area contributed by atoms with Gasteiger partial charge in [-0.1, -0.05) is 6.08 Å². The topological polar surface area (TPSA) is 52.6 Å². The van der Waals surface area contributed by atoms with Gasteiger partial charge in [0.25, 0.3) is 5.92 Å². The van der Waals surface area contributed by atoms with Crippen molar-refractivity contribution in [3.8, 4) is 0 Å². The largest absolute Gasteiger partial charge is 0.384 e. The quantitative estimate of drug-likeness (QED) is 0.680. The molecule has 1 amide bonds. The monoisotopic (exact) mass is 250 g/mol. The maximum Gasteiger partial charge on any atom is 0.292 e. The van der Waals surface area contributed by atoms with Gasteiger partial charge in [-0.25, -0.2) is 8.78 Å². The Morgan fingerprint density at radius 3 is 2.35 bits per heavy atom. The molecular formula is C11H20F2N2O2. The summed E-state index contributed by atoms with van der Waals surface area (Å²) < 4.78 is 26.5. The molecule has 17 heavy (non-hydrogen) atoms. The molecule has 6 heteroatoms. The molecule has 4 nitrogen and oxygen atoms in total. The van der Waals surface area contributed by atoms with Crippen LogP contribution in [0, 0.1) is 0 Å². The Morgan fingerprint density at radius 2 is 1.94 bits per heavy atom. The molecule has 0 aromatic carbocycles. The summed E-state index contributed by atoms with van der Waals surface area (Å²) in [6.45, 7) is 1.67. The van der Waals surface area contributed by atoms with Crippen LogP contribution in [0.4, 0.5) is 8.78 Å². The van der Waals surface area contributed by atoms with Gasteiger partial charge in [-0.15, -0.1) is 0 Å². The fourth-order valence-corrected chi connectivity index (χ4v) is 0.844. The zero-order valence-corrected chi connectivity index (χ0v) is 10.6. The van der Waals surface area contributed by atoms with Crippen LogP contribution >= 0.6 is 0 Å². The normalized spacial score (nSPS) is 13.4. The highest BCUT2D eigenvalue weighted by Gasteiger charge is 2.45. The number of hydrogen-bond acceptors (Lipinski definition) is 3. The Hall–Kier alpha value is -1.01. The molecule has 0 atom stereocenters. The van der Waals surface area contributed by atoms with Crippen LogP contribution in [0.3, 0.4) is 0 Å². The number of nitrogens with zero attached hydrogens (tertiary/aromatic N) is 1. The van der Waals surface area contributed by atoms with Crippen LogP contribution in [0.1, 0.15) is 13.8 Å². The van der Waals surface area contributed by atoms with Gasteiger partial charge in [0.2, 0.25) is 5.91 Å². The highest BCUT2D eigenvalue weighted by molar-refractivity contribution is 5.87. The SMILES string of the molecule is CN(C)C/C=C/C(=O)NCC(F)(F)C(C)(C)O. The predicted molar refractivity (Wildman–Crippen MR) is 61.9 cm³/mol. The Balaban J connectivity index is 4.13. The number of rotatable bonds is 6. The van der Waals surface area contributed by atoms with Gasteiger partial charge < -0.3 is 15.3 Å². The number of alkyl halides is 2. The Morgan fingerprint density at radius 1 is 1.41 bits per heavy atom. The van der Waals surface area contributed by atoms with Crippen molar-refractivity contribution in [1.82, 2.24) is 10.2 Å². The van der Waals surface area contributed by atoms with Crippen molar-refractivity contribution >= 4 is 5.91 Å². The third kappa shape index (κ3) is 6.33. The summed E-state index contributed by atoms with van der Waals surface area (Å²) in [6, 6.07) is 0. The van der Waals surface area contributed by atoms with Crippen molar-refractivity contribution in [3.05, 3.63) is 12.2 Å². The first-order valence-electron chi connectivity index (χ1n) is 5.25. The molecule has 0 saturated carbocycles. The third-order valence-corrected chi connectivity index (χ3v) is 2.12. The molecule has 0 aliphatic heterocycles. The zero-order chi connectivity index (χ0) is 13.7. The standard InChI is InChI=1S/C11H20F2N2O2/c1-10(2,17)11(12,13)8-14-9(16)6-5-7-15(3)4/h5-6,17H,7-8H2,1-4H3,(H,14,16)/b6-5+. The molecule has 0 bridgehead atoms. The Labute approximate surface area is 100 Å². The summed E-state index contributed by atoms with van der Waals surface area (Å²) in [5.41, 5.74) is -2.16. The maximum atomic E-state index is 13.2. The molecule has 0 saturated heterocycles. The lowest BCUT2D eigenvalue weighted by Gasteiger charge is -2.28. The number of halogens is 2. The average molecular weight is 250 g/mol. The van der Waals surface area contributed by atoms with Crippen molar-refractivity contribution in [3.63, 3.8) is 0 Å². The second kappa shape index (κ2) is 6.07. The molecule has 0 spiro atoms. The minimum atomic E-state index is -3.36. The maximum absolute atomic E-state index is 13.2. The highest BCUT2D eigenvalue weighted by Crippen LogP contribution is 2.26. The molecular weight excluding hydrogens is 230 g/mol. The summed E-state index contributed by atoms with van der Waals surface area (Å²) in [4.78, 5) is 13.0. The van der Waals surface area contributed by atoms with Gasteiger partial charge >= 0.3 is 0 Å².